The van der Waals surface area contributed by atoms with Crippen molar-refractivity contribution in [3.63, 3.8) is 0 Å². The highest BCUT2D eigenvalue weighted by molar-refractivity contribution is 5.95. The second-order valence-electron chi connectivity index (χ2n) is 6.65. The monoisotopic (exact) mass is 318 g/mol. The van der Waals surface area contributed by atoms with Crippen molar-refractivity contribution >= 4 is 17.5 Å². The van der Waals surface area contributed by atoms with Gasteiger partial charge >= 0.3 is 0 Å². The summed E-state index contributed by atoms with van der Waals surface area (Å²) in [4.78, 5) is 27.1. The summed E-state index contributed by atoms with van der Waals surface area (Å²) >= 11 is 0. The summed E-state index contributed by atoms with van der Waals surface area (Å²) in [7, 11) is 0. The predicted octanol–water partition coefficient (Wildman–Crippen LogP) is 0.686. The molecule has 0 radical (unpaired) electrons. The summed E-state index contributed by atoms with van der Waals surface area (Å²) in [5, 5.41) is 3.10. The molecule has 0 bridgehead atoms. The summed E-state index contributed by atoms with van der Waals surface area (Å²) in [6.07, 6.45) is 0. The molecule has 0 unspecified atom stereocenters. The van der Waals surface area contributed by atoms with Crippen LogP contribution in [-0.2, 0) is 9.59 Å². The van der Waals surface area contributed by atoms with Crippen molar-refractivity contribution < 1.29 is 14.5 Å². The van der Waals surface area contributed by atoms with Crippen molar-refractivity contribution in [3.05, 3.63) is 28.8 Å². The minimum atomic E-state index is -0.121. The Kier molecular flexibility index (Phi) is 5.42. The molecule has 1 aliphatic heterocycles. The Hall–Kier alpha value is -1.88. The molecule has 2 amide bonds. The third kappa shape index (κ3) is 4.10. The molecule has 126 valence electrons. The van der Waals surface area contributed by atoms with E-state index in [0.717, 1.165) is 43.0 Å². The first-order chi connectivity index (χ1) is 10.8. The fraction of sp³-hybridized carbons (Fsp3) is 0.556. The number of aryl methyl sites for hydroxylation is 3. The summed E-state index contributed by atoms with van der Waals surface area (Å²) in [6, 6.07) is 4.06. The minimum Gasteiger partial charge on any atom is -0.332 e. The highest BCUT2D eigenvalue weighted by Gasteiger charge is 2.30. The summed E-state index contributed by atoms with van der Waals surface area (Å²) < 4.78 is 0. The topological polar surface area (TPSA) is 53.9 Å². The molecule has 0 saturated carbocycles. The number of piperazine rings is 1. The maximum absolute atomic E-state index is 12.6. The molecule has 1 aliphatic rings. The number of hydrogen-bond donors (Lipinski definition) is 2. The normalized spacial score (nSPS) is 17.0. The second-order valence-corrected chi connectivity index (χ2v) is 6.65. The first kappa shape index (κ1) is 17.5. The third-order valence-corrected chi connectivity index (χ3v) is 4.78. The molecule has 0 aliphatic carbocycles. The smallest absolute Gasteiger partial charge is 0.282 e. The molecule has 0 aromatic heterocycles. The van der Waals surface area contributed by atoms with E-state index in [-0.39, 0.29) is 17.9 Å². The molecule has 1 aromatic carbocycles. The van der Waals surface area contributed by atoms with Crippen molar-refractivity contribution in [1.29, 1.82) is 0 Å². The molecule has 5 nitrogen and oxygen atoms in total. The van der Waals surface area contributed by atoms with Crippen molar-refractivity contribution in [3.8, 4) is 0 Å². The van der Waals surface area contributed by atoms with Crippen LogP contribution in [0.25, 0.3) is 0 Å². The Bertz CT molecular complexity index is 581. The fourth-order valence-corrected chi connectivity index (χ4v) is 3.34. The molecule has 1 heterocycles. The molecule has 1 fully saturated rings. The van der Waals surface area contributed by atoms with E-state index in [9.17, 15) is 9.59 Å². The van der Waals surface area contributed by atoms with E-state index >= 15 is 0 Å². The molecule has 1 aromatic rings. The van der Waals surface area contributed by atoms with Gasteiger partial charge in [-0.05, 0) is 38.8 Å². The lowest BCUT2D eigenvalue weighted by Gasteiger charge is -2.34. The lowest BCUT2D eigenvalue weighted by atomic mass is 10.0. The number of carbonyl (C=O) groups excluding carboxylic acids is 2. The lowest BCUT2D eigenvalue weighted by Crippen LogP contribution is -3.19. The standard InChI is InChI=1S/C18H27N3O2/c1-12-10-13(2)17(14(3)11-12)19-18(23)15(4)20-6-8-21(9-7-20)16(5)22/h10-11,15H,6-9H2,1-5H3,(H,19,23)/p+1/t15-/m1/s1. The average molecular weight is 318 g/mol. The molecule has 23 heavy (non-hydrogen) atoms. The van der Waals surface area contributed by atoms with Crippen molar-refractivity contribution in [2.24, 2.45) is 0 Å². The Morgan fingerprint density at radius 2 is 1.65 bits per heavy atom. The molecule has 0 spiro atoms. The Morgan fingerprint density at radius 3 is 2.13 bits per heavy atom. The first-order valence-electron chi connectivity index (χ1n) is 8.28. The number of rotatable bonds is 3. The van der Waals surface area contributed by atoms with E-state index in [4.69, 9.17) is 0 Å². The number of anilines is 1. The van der Waals surface area contributed by atoms with Crippen molar-refractivity contribution in [2.45, 2.75) is 40.7 Å². The molecular weight excluding hydrogens is 290 g/mol. The van der Waals surface area contributed by atoms with Crippen LogP contribution in [0.4, 0.5) is 5.69 Å². The van der Waals surface area contributed by atoms with Crippen LogP contribution in [0.15, 0.2) is 12.1 Å². The molecule has 2 rings (SSSR count). The fourth-order valence-electron chi connectivity index (χ4n) is 3.34. The van der Waals surface area contributed by atoms with Crippen LogP contribution in [0.1, 0.15) is 30.5 Å². The van der Waals surface area contributed by atoms with Gasteiger partial charge in [0.05, 0.1) is 26.2 Å². The van der Waals surface area contributed by atoms with Gasteiger partial charge in [-0.3, -0.25) is 9.59 Å². The van der Waals surface area contributed by atoms with Gasteiger partial charge in [0.2, 0.25) is 5.91 Å². The van der Waals surface area contributed by atoms with Crippen LogP contribution in [0.2, 0.25) is 0 Å². The zero-order chi connectivity index (χ0) is 17.1. The number of hydrogen-bond acceptors (Lipinski definition) is 2. The van der Waals surface area contributed by atoms with E-state index in [1.165, 1.54) is 10.5 Å². The summed E-state index contributed by atoms with van der Waals surface area (Å²) in [5.74, 6) is 0.165. The van der Waals surface area contributed by atoms with Gasteiger partial charge in [-0.25, -0.2) is 0 Å². The lowest BCUT2D eigenvalue weighted by molar-refractivity contribution is -0.917. The summed E-state index contributed by atoms with van der Waals surface area (Å²) in [5.41, 5.74) is 4.32. The number of carbonyl (C=O) groups is 2. The zero-order valence-electron chi connectivity index (χ0n) is 14.8. The van der Waals surface area contributed by atoms with Crippen LogP contribution in [-0.4, -0.2) is 48.9 Å². The quantitative estimate of drug-likeness (QED) is 0.861. The van der Waals surface area contributed by atoms with Gasteiger partial charge in [0.15, 0.2) is 6.04 Å². The molecule has 5 heteroatoms. The van der Waals surface area contributed by atoms with Crippen LogP contribution >= 0.6 is 0 Å². The van der Waals surface area contributed by atoms with E-state index in [0.29, 0.717) is 0 Å². The first-order valence-corrected chi connectivity index (χ1v) is 8.28. The van der Waals surface area contributed by atoms with Crippen LogP contribution < -0.4 is 10.2 Å². The van der Waals surface area contributed by atoms with E-state index < -0.39 is 0 Å². The van der Waals surface area contributed by atoms with E-state index in [1.54, 1.807) is 6.92 Å². The number of quaternary nitrogens is 1. The van der Waals surface area contributed by atoms with Gasteiger partial charge < -0.3 is 15.1 Å². The Labute approximate surface area is 138 Å². The van der Waals surface area contributed by atoms with Crippen molar-refractivity contribution in [2.75, 3.05) is 31.5 Å². The molecule has 1 saturated heterocycles. The average Bonchev–Trinajstić information content (AvgIpc) is 2.50. The molecular formula is C18H28N3O2+. The summed E-state index contributed by atoms with van der Waals surface area (Å²) in [6.45, 7) is 12.8. The minimum absolute atomic E-state index is 0.0475. The Morgan fingerprint density at radius 1 is 1.13 bits per heavy atom. The predicted molar refractivity (Wildman–Crippen MR) is 91.7 cm³/mol. The van der Waals surface area contributed by atoms with Crippen molar-refractivity contribution in [1.82, 2.24) is 4.90 Å². The maximum atomic E-state index is 12.6. The zero-order valence-corrected chi connectivity index (χ0v) is 14.8. The SMILES string of the molecule is CC(=O)N1CC[NH+]([C@H](C)C(=O)Nc2c(C)cc(C)cc2C)CC1. The van der Waals surface area contributed by atoms with Crippen LogP contribution in [0, 0.1) is 20.8 Å². The van der Waals surface area contributed by atoms with Gasteiger partial charge in [-0.15, -0.1) is 0 Å². The maximum Gasteiger partial charge on any atom is 0.282 e. The van der Waals surface area contributed by atoms with Gasteiger partial charge in [-0.2, -0.15) is 0 Å². The van der Waals surface area contributed by atoms with Gasteiger partial charge in [0.1, 0.15) is 0 Å². The van der Waals surface area contributed by atoms with Gasteiger partial charge in [0.25, 0.3) is 5.91 Å². The van der Waals surface area contributed by atoms with E-state index in [1.807, 2.05) is 25.7 Å². The number of benzene rings is 1. The number of amides is 2. The number of nitrogens with zero attached hydrogens (tertiary/aromatic N) is 1. The molecule has 1 atom stereocenters. The number of nitrogens with one attached hydrogen (secondary N) is 2. The van der Waals surface area contributed by atoms with Gasteiger partial charge in [0, 0.05) is 12.6 Å². The second kappa shape index (κ2) is 7.13. The highest BCUT2D eigenvalue weighted by Crippen LogP contribution is 2.21. The van der Waals surface area contributed by atoms with Gasteiger partial charge in [-0.1, -0.05) is 17.7 Å². The van der Waals surface area contributed by atoms with Crippen LogP contribution in [0.5, 0.6) is 0 Å². The molecule has 2 N–H and O–H groups in total. The third-order valence-electron chi connectivity index (χ3n) is 4.78. The van der Waals surface area contributed by atoms with Crippen LogP contribution in [0.3, 0.4) is 0 Å². The highest BCUT2D eigenvalue weighted by atomic mass is 16.2. The largest absolute Gasteiger partial charge is 0.332 e. The Balaban J connectivity index is 2.00. The van der Waals surface area contributed by atoms with E-state index in [2.05, 4.69) is 24.4 Å².